The number of carbonyl (C=O) groups is 2. The van der Waals surface area contributed by atoms with Crippen LogP contribution in [-0.2, 0) is 11.2 Å². The van der Waals surface area contributed by atoms with E-state index in [1.807, 2.05) is 29.2 Å². The predicted octanol–water partition coefficient (Wildman–Crippen LogP) is 2.86. The van der Waals surface area contributed by atoms with E-state index >= 15 is 0 Å². The first-order valence-corrected chi connectivity index (χ1v) is 10.0. The van der Waals surface area contributed by atoms with Crippen molar-refractivity contribution in [1.82, 2.24) is 9.80 Å². The molecule has 2 aromatic rings. The quantitative estimate of drug-likeness (QED) is 0.584. The molecular formula is C22H26N4O4. The molecule has 1 N–H and O–H groups in total. The van der Waals surface area contributed by atoms with Gasteiger partial charge in [0.25, 0.3) is 11.6 Å². The lowest BCUT2D eigenvalue weighted by atomic mass is 10.1. The Hall–Kier alpha value is -3.26. The van der Waals surface area contributed by atoms with E-state index < -0.39 is 4.92 Å². The van der Waals surface area contributed by atoms with Crippen molar-refractivity contribution in [3.63, 3.8) is 0 Å². The summed E-state index contributed by atoms with van der Waals surface area (Å²) in [4.78, 5) is 39.5. The highest BCUT2D eigenvalue weighted by Crippen LogP contribution is 2.25. The van der Waals surface area contributed by atoms with E-state index in [9.17, 15) is 19.7 Å². The number of benzene rings is 2. The zero-order valence-electron chi connectivity index (χ0n) is 17.3. The lowest BCUT2D eigenvalue weighted by molar-refractivity contribution is -0.384. The molecule has 2 amide bonds. The Morgan fingerprint density at radius 2 is 1.73 bits per heavy atom. The van der Waals surface area contributed by atoms with E-state index in [0.29, 0.717) is 31.7 Å². The van der Waals surface area contributed by atoms with Crippen molar-refractivity contribution in [3.05, 3.63) is 69.3 Å². The number of nitro benzene ring substituents is 1. The van der Waals surface area contributed by atoms with Gasteiger partial charge in [-0.15, -0.1) is 0 Å². The topological polar surface area (TPSA) is 95.8 Å². The van der Waals surface area contributed by atoms with Crippen LogP contribution in [0.5, 0.6) is 0 Å². The first-order chi connectivity index (χ1) is 14.4. The highest BCUT2D eigenvalue weighted by Gasteiger charge is 2.24. The minimum absolute atomic E-state index is 0.00275. The lowest BCUT2D eigenvalue weighted by Crippen LogP contribution is -2.50. The molecule has 1 saturated heterocycles. The monoisotopic (exact) mass is 410 g/mol. The molecule has 1 heterocycles. The van der Waals surface area contributed by atoms with Gasteiger partial charge in [-0.1, -0.05) is 25.1 Å². The summed E-state index contributed by atoms with van der Waals surface area (Å²) in [5, 5.41) is 13.8. The lowest BCUT2D eigenvalue weighted by Gasteiger charge is -2.34. The highest BCUT2D eigenvalue weighted by atomic mass is 16.6. The van der Waals surface area contributed by atoms with Crippen molar-refractivity contribution in [2.24, 2.45) is 0 Å². The zero-order valence-corrected chi connectivity index (χ0v) is 17.3. The molecule has 0 spiro atoms. The number of carbonyl (C=O) groups excluding carboxylic acids is 2. The van der Waals surface area contributed by atoms with Gasteiger partial charge in [0.1, 0.15) is 5.69 Å². The summed E-state index contributed by atoms with van der Waals surface area (Å²) in [7, 11) is 0. The molecule has 0 aliphatic carbocycles. The molecule has 0 atom stereocenters. The van der Waals surface area contributed by atoms with Crippen molar-refractivity contribution in [2.75, 3.05) is 38.0 Å². The summed E-state index contributed by atoms with van der Waals surface area (Å²) in [5.74, 6) is -0.311. The van der Waals surface area contributed by atoms with Gasteiger partial charge in [-0.05, 0) is 42.7 Å². The first-order valence-electron chi connectivity index (χ1n) is 10.0. The Labute approximate surface area is 175 Å². The number of anilines is 1. The number of nitro groups is 1. The molecule has 1 aliphatic rings. The minimum atomic E-state index is -0.500. The van der Waals surface area contributed by atoms with Gasteiger partial charge in [0.15, 0.2) is 0 Å². The van der Waals surface area contributed by atoms with Gasteiger partial charge in [-0.3, -0.25) is 24.6 Å². The summed E-state index contributed by atoms with van der Waals surface area (Å²) in [6, 6.07) is 12.4. The molecule has 0 saturated carbocycles. The molecule has 2 aromatic carbocycles. The van der Waals surface area contributed by atoms with Gasteiger partial charge in [0.05, 0.1) is 11.5 Å². The van der Waals surface area contributed by atoms with Gasteiger partial charge in [0.2, 0.25) is 5.91 Å². The van der Waals surface area contributed by atoms with Gasteiger partial charge >= 0.3 is 0 Å². The summed E-state index contributed by atoms with van der Waals surface area (Å²) < 4.78 is 0. The Morgan fingerprint density at radius 1 is 1.07 bits per heavy atom. The van der Waals surface area contributed by atoms with Gasteiger partial charge in [-0.25, -0.2) is 0 Å². The zero-order chi connectivity index (χ0) is 21.7. The molecule has 30 heavy (non-hydrogen) atoms. The molecule has 158 valence electrons. The number of nitrogens with one attached hydrogen (secondary N) is 1. The first kappa shape index (κ1) is 21.4. The van der Waals surface area contributed by atoms with Gasteiger partial charge < -0.3 is 10.2 Å². The van der Waals surface area contributed by atoms with Gasteiger partial charge in [0, 0.05) is 37.8 Å². The molecular weight excluding hydrogens is 384 g/mol. The second-order valence-electron chi connectivity index (χ2n) is 7.44. The van der Waals surface area contributed by atoms with Crippen LogP contribution >= 0.6 is 0 Å². The highest BCUT2D eigenvalue weighted by molar-refractivity contribution is 5.95. The third kappa shape index (κ3) is 5.21. The second kappa shape index (κ2) is 9.49. The fourth-order valence-corrected chi connectivity index (χ4v) is 3.47. The van der Waals surface area contributed by atoms with E-state index in [0.717, 1.165) is 12.0 Å². The van der Waals surface area contributed by atoms with Crippen LogP contribution in [0.15, 0.2) is 42.5 Å². The summed E-state index contributed by atoms with van der Waals surface area (Å²) in [6.07, 6.45) is 0.932. The summed E-state index contributed by atoms with van der Waals surface area (Å²) in [5.41, 5.74) is 2.69. The van der Waals surface area contributed by atoms with E-state index in [1.54, 1.807) is 24.0 Å². The molecule has 1 aliphatic heterocycles. The fraction of sp³-hybridized carbons (Fsp3) is 0.364. The number of nitrogens with zero attached hydrogens (tertiary/aromatic N) is 3. The third-order valence-corrected chi connectivity index (χ3v) is 5.26. The Balaban J connectivity index is 1.52. The third-order valence-electron chi connectivity index (χ3n) is 5.26. The molecule has 0 radical (unpaired) electrons. The number of hydrogen-bond donors (Lipinski definition) is 1. The Morgan fingerprint density at radius 3 is 2.33 bits per heavy atom. The SMILES string of the molecule is CCc1ccc(C(=O)N2CCN(CC(=O)Nc3ccc(C)cc3[N+](=O)[O-])CC2)cc1. The van der Waals surface area contributed by atoms with Crippen LogP contribution in [0.3, 0.4) is 0 Å². The van der Waals surface area contributed by atoms with Crippen LogP contribution in [0, 0.1) is 17.0 Å². The molecule has 0 bridgehead atoms. The number of hydrogen-bond acceptors (Lipinski definition) is 5. The number of rotatable bonds is 6. The molecule has 8 heteroatoms. The van der Waals surface area contributed by atoms with Crippen LogP contribution in [0.4, 0.5) is 11.4 Å². The predicted molar refractivity (Wildman–Crippen MR) is 115 cm³/mol. The van der Waals surface area contributed by atoms with Crippen LogP contribution in [-0.4, -0.2) is 59.3 Å². The van der Waals surface area contributed by atoms with Crippen LogP contribution in [0.1, 0.15) is 28.4 Å². The molecule has 0 unspecified atom stereocenters. The van der Waals surface area contributed by atoms with E-state index in [4.69, 9.17) is 0 Å². The van der Waals surface area contributed by atoms with Gasteiger partial charge in [-0.2, -0.15) is 0 Å². The number of aryl methyl sites for hydroxylation is 2. The second-order valence-corrected chi connectivity index (χ2v) is 7.44. The van der Waals surface area contributed by atoms with Crippen molar-refractivity contribution in [3.8, 4) is 0 Å². The average Bonchev–Trinajstić information content (AvgIpc) is 2.75. The normalized spacial score (nSPS) is 14.4. The van der Waals surface area contributed by atoms with Crippen LogP contribution in [0.2, 0.25) is 0 Å². The van der Waals surface area contributed by atoms with Crippen molar-refractivity contribution < 1.29 is 14.5 Å². The smallest absolute Gasteiger partial charge is 0.293 e. The number of amides is 2. The minimum Gasteiger partial charge on any atom is -0.336 e. The maximum absolute atomic E-state index is 12.7. The van der Waals surface area contributed by atoms with Crippen molar-refractivity contribution in [1.29, 1.82) is 0 Å². The van der Waals surface area contributed by atoms with Crippen molar-refractivity contribution in [2.45, 2.75) is 20.3 Å². The maximum atomic E-state index is 12.7. The Bertz CT molecular complexity index is 935. The molecule has 1 fully saturated rings. The van der Waals surface area contributed by atoms with Crippen molar-refractivity contribution >= 4 is 23.2 Å². The van der Waals surface area contributed by atoms with E-state index in [2.05, 4.69) is 12.2 Å². The summed E-state index contributed by atoms with van der Waals surface area (Å²) in [6.45, 7) is 6.17. The molecule has 3 rings (SSSR count). The fourth-order valence-electron chi connectivity index (χ4n) is 3.47. The van der Waals surface area contributed by atoms with Crippen LogP contribution < -0.4 is 5.32 Å². The molecule has 8 nitrogen and oxygen atoms in total. The maximum Gasteiger partial charge on any atom is 0.293 e. The number of piperazine rings is 1. The van der Waals surface area contributed by atoms with Crippen LogP contribution in [0.25, 0.3) is 0 Å². The molecule has 0 aromatic heterocycles. The standard InChI is InChI=1S/C22H26N4O4/c1-3-17-5-7-18(8-6-17)22(28)25-12-10-24(11-13-25)15-21(27)23-19-9-4-16(2)14-20(19)26(29)30/h4-9,14H,3,10-13,15H2,1-2H3,(H,23,27). The Kier molecular flexibility index (Phi) is 6.79. The largest absolute Gasteiger partial charge is 0.336 e. The summed E-state index contributed by atoms with van der Waals surface area (Å²) >= 11 is 0. The van der Waals surface area contributed by atoms with E-state index in [1.165, 1.54) is 11.6 Å². The van der Waals surface area contributed by atoms with E-state index in [-0.39, 0.29) is 29.7 Å². The average molecular weight is 410 g/mol.